The molecule has 2 heterocycles. The number of carbonyl (C=O) groups excluding carboxylic acids is 2. The molecule has 1 aromatic carbocycles. The molecule has 2 unspecified atom stereocenters. The third-order valence-corrected chi connectivity index (χ3v) is 5.24. The summed E-state index contributed by atoms with van der Waals surface area (Å²) in [5.41, 5.74) is 3.89. The molecule has 160 valence electrons. The number of carbonyl (C=O) groups is 2. The van der Waals surface area contributed by atoms with Crippen LogP contribution in [0.15, 0.2) is 18.2 Å². The molecule has 0 fully saturated rings. The Morgan fingerprint density at radius 3 is 2.73 bits per heavy atom. The van der Waals surface area contributed by atoms with Gasteiger partial charge in [0, 0.05) is 35.2 Å². The van der Waals surface area contributed by atoms with Crippen LogP contribution >= 0.6 is 0 Å². The molecule has 1 aliphatic rings. The van der Waals surface area contributed by atoms with Crippen molar-refractivity contribution in [2.75, 3.05) is 11.9 Å². The lowest BCUT2D eigenvalue weighted by Gasteiger charge is -2.19. The summed E-state index contributed by atoms with van der Waals surface area (Å²) >= 11 is 0. The van der Waals surface area contributed by atoms with E-state index in [1.807, 2.05) is 6.92 Å². The van der Waals surface area contributed by atoms with Gasteiger partial charge in [-0.15, -0.1) is 0 Å². The summed E-state index contributed by atoms with van der Waals surface area (Å²) in [7, 11) is 0. The zero-order valence-electron chi connectivity index (χ0n) is 17.5. The summed E-state index contributed by atoms with van der Waals surface area (Å²) in [5.74, 6) is -0.978. The first-order valence-electron chi connectivity index (χ1n) is 9.95. The number of hydrogen-bond acceptors (Lipinski definition) is 4. The first kappa shape index (κ1) is 21.7. The second-order valence-corrected chi connectivity index (χ2v) is 7.52. The van der Waals surface area contributed by atoms with E-state index in [4.69, 9.17) is 0 Å². The number of aromatic amines is 1. The van der Waals surface area contributed by atoms with E-state index in [-0.39, 0.29) is 17.9 Å². The maximum Gasteiger partial charge on any atom is 0.256 e. The third-order valence-electron chi connectivity index (χ3n) is 5.24. The van der Waals surface area contributed by atoms with Gasteiger partial charge in [-0.25, -0.2) is 4.39 Å². The van der Waals surface area contributed by atoms with Crippen LogP contribution in [0.25, 0.3) is 11.6 Å². The molecule has 2 amide bonds. The molecule has 0 spiro atoms. The van der Waals surface area contributed by atoms with Crippen LogP contribution < -0.4 is 16.0 Å². The van der Waals surface area contributed by atoms with E-state index >= 15 is 0 Å². The molecule has 5 N–H and O–H groups in total. The quantitative estimate of drug-likeness (QED) is 0.355. The highest BCUT2D eigenvalue weighted by Crippen LogP contribution is 2.34. The fourth-order valence-electron chi connectivity index (χ4n) is 3.67. The second-order valence-electron chi connectivity index (χ2n) is 7.52. The Hall–Kier alpha value is -2.97. The number of amides is 2. The van der Waals surface area contributed by atoms with Gasteiger partial charge in [0.25, 0.3) is 11.8 Å². The zero-order valence-corrected chi connectivity index (χ0v) is 17.5. The topological polar surface area (TPSA) is 106 Å². The highest BCUT2D eigenvalue weighted by atomic mass is 19.1. The molecule has 7 nitrogen and oxygen atoms in total. The number of H-pyrrole nitrogens is 1. The van der Waals surface area contributed by atoms with E-state index in [0.717, 1.165) is 6.42 Å². The number of benzene rings is 1. The first-order chi connectivity index (χ1) is 14.2. The maximum atomic E-state index is 13.7. The van der Waals surface area contributed by atoms with Crippen molar-refractivity contribution in [2.24, 2.45) is 0 Å². The molecule has 0 saturated carbocycles. The van der Waals surface area contributed by atoms with Gasteiger partial charge in [0.1, 0.15) is 12.0 Å². The number of nitrogens with one attached hydrogen (secondary N) is 4. The van der Waals surface area contributed by atoms with Gasteiger partial charge in [-0.05, 0) is 57.0 Å². The maximum absolute atomic E-state index is 13.7. The fourth-order valence-corrected chi connectivity index (χ4v) is 3.67. The summed E-state index contributed by atoms with van der Waals surface area (Å²) in [5, 5.41) is 18.1. The number of aryl methyl sites for hydroxylation is 1. The summed E-state index contributed by atoms with van der Waals surface area (Å²) in [6.07, 6.45) is 1.73. The van der Waals surface area contributed by atoms with Crippen LogP contribution in [-0.2, 0) is 4.79 Å². The van der Waals surface area contributed by atoms with Gasteiger partial charge in [0.05, 0.1) is 11.1 Å². The summed E-state index contributed by atoms with van der Waals surface area (Å²) in [4.78, 5) is 28.3. The predicted octanol–water partition coefficient (Wildman–Crippen LogP) is 2.70. The lowest BCUT2D eigenvalue weighted by molar-refractivity contribution is -0.110. The van der Waals surface area contributed by atoms with Gasteiger partial charge in [-0.1, -0.05) is 6.92 Å². The number of halogens is 1. The van der Waals surface area contributed by atoms with E-state index in [0.29, 0.717) is 45.9 Å². The molecular formula is C22H27FN4O3. The molecule has 0 aliphatic carbocycles. The second kappa shape index (κ2) is 8.81. The zero-order chi connectivity index (χ0) is 22.0. The van der Waals surface area contributed by atoms with Crippen LogP contribution in [0, 0.1) is 19.7 Å². The minimum atomic E-state index is -0.661. The van der Waals surface area contributed by atoms with Crippen LogP contribution in [0.5, 0.6) is 0 Å². The van der Waals surface area contributed by atoms with Gasteiger partial charge in [-0.2, -0.15) is 0 Å². The largest absolute Gasteiger partial charge is 0.379 e. The molecular weight excluding hydrogens is 387 g/mol. The van der Waals surface area contributed by atoms with E-state index in [2.05, 4.69) is 20.9 Å². The molecule has 8 heteroatoms. The predicted molar refractivity (Wildman–Crippen MR) is 114 cm³/mol. The van der Waals surface area contributed by atoms with Gasteiger partial charge in [0.2, 0.25) is 0 Å². The minimum absolute atomic E-state index is 0.0522. The number of fused-ring (bicyclic) bond motifs is 1. The number of rotatable bonds is 7. The average Bonchev–Trinajstić information content (AvgIpc) is 3.14. The number of aliphatic hydroxyl groups excluding tert-OH is 1. The van der Waals surface area contributed by atoms with Crippen LogP contribution in [0.3, 0.4) is 0 Å². The monoisotopic (exact) mass is 414 g/mol. The molecule has 1 aromatic heterocycles. The number of anilines is 1. The average molecular weight is 414 g/mol. The van der Waals surface area contributed by atoms with Crippen molar-refractivity contribution in [1.82, 2.24) is 15.6 Å². The van der Waals surface area contributed by atoms with Crippen molar-refractivity contribution in [3.05, 3.63) is 52.1 Å². The Morgan fingerprint density at radius 1 is 1.33 bits per heavy atom. The summed E-state index contributed by atoms with van der Waals surface area (Å²) in [6, 6.07) is 4.09. The number of hydrogen-bond donors (Lipinski definition) is 5. The van der Waals surface area contributed by atoms with E-state index < -0.39 is 12.0 Å². The molecule has 0 radical (unpaired) electrons. The van der Waals surface area contributed by atoms with Crippen molar-refractivity contribution < 1.29 is 19.1 Å². The van der Waals surface area contributed by atoms with Crippen LogP contribution in [0.2, 0.25) is 0 Å². The first-order valence-corrected chi connectivity index (χ1v) is 9.95. The lowest BCUT2D eigenvalue weighted by atomic mass is 10.0. The van der Waals surface area contributed by atoms with Crippen molar-refractivity contribution in [2.45, 2.75) is 46.4 Å². The molecule has 2 aromatic rings. The highest BCUT2D eigenvalue weighted by Gasteiger charge is 2.26. The Bertz CT molecular complexity index is 1010. The van der Waals surface area contributed by atoms with Crippen molar-refractivity contribution in [1.29, 1.82) is 0 Å². The van der Waals surface area contributed by atoms with Crippen LogP contribution in [-0.4, -0.2) is 40.7 Å². The lowest BCUT2D eigenvalue weighted by Crippen LogP contribution is -2.44. The van der Waals surface area contributed by atoms with Gasteiger partial charge >= 0.3 is 0 Å². The smallest absolute Gasteiger partial charge is 0.256 e. The normalized spacial score (nSPS) is 16.3. The summed E-state index contributed by atoms with van der Waals surface area (Å²) < 4.78 is 13.7. The van der Waals surface area contributed by atoms with Crippen LogP contribution in [0.1, 0.15) is 53.1 Å². The molecule has 3 rings (SSSR count). The molecule has 0 saturated heterocycles. The fraction of sp³-hybridized carbons (Fsp3) is 0.364. The molecule has 1 aliphatic heterocycles. The van der Waals surface area contributed by atoms with Crippen molar-refractivity contribution in [3.63, 3.8) is 0 Å². The van der Waals surface area contributed by atoms with E-state index in [9.17, 15) is 19.1 Å². The van der Waals surface area contributed by atoms with Crippen molar-refractivity contribution >= 4 is 29.2 Å². The Morgan fingerprint density at radius 2 is 2.07 bits per heavy atom. The molecule has 30 heavy (non-hydrogen) atoms. The van der Waals surface area contributed by atoms with E-state index in [1.54, 1.807) is 26.8 Å². The standard InChI is InChI=1S/C22H27FN4O3/c1-5-15(26-13(4)28)10-24-22(30)20-11(2)19(25-12(20)3)9-17-16-8-14(23)6-7-18(16)27-21(17)29/h6-9,13,15,25-26,28H,5,10H2,1-4H3,(H,24,30)(H,27,29)/b17-9-. The van der Waals surface area contributed by atoms with E-state index in [1.165, 1.54) is 18.2 Å². The third kappa shape index (κ3) is 4.44. The Labute approximate surface area is 174 Å². The SMILES string of the molecule is CCC(CNC(=O)c1c(C)[nH]c(/C=C2\C(=O)Nc3ccc(F)cc32)c1C)NC(C)O. The molecule has 0 bridgehead atoms. The van der Waals surface area contributed by atoms with Gasteiger partial charge < -0.3 is 20.7 Å². The summed E-state index contributed by atoms with van der Waals surface area (Å²) in [6.45, 7) is 7.56. The number of aromatic nitrogens is 1. The Balaban J connectivity index is 1.85. The van der Waals surface area contributed by atoms with Crippen LogP contribution in [0.4, 0.5) is 10.1 Å². The highest BCUT2D eigenvalue weighted by molar-refractivity contribution is 6.34. The number of aliphatic hydroxyl groups is 1. The Kier molecular flexibility index (Phi) is 6.38. The van der Waals surface area contributed by atoms with Crippen molar-refractivity contribution in [3.8, 4) is 0 Å². The minimum Gasteiger partial charge on any atom is -0.379 e. The van der Waals surface area contributed by atoms with Gasteiger partial charge in [0.15, 0.2) is 0 Å². The van der Waals surface area contributed by atoms with Gasteiger partial charge in [-0.3, -0.25) is 14.9 Å². The molecule has 2 atom stereocenters.